The van der Waals surface area contributed by atoms with Crippen LogP contribution in [-0.2, 0) is 14.1 Å². The predicted molar refractivity (Wildman–Crippen MR) is 134 cm³/mol. The van der Waals surface area contributed by atoms with Crippen molar-refractivity contribution in [3.8, 4) is 22.8 Å². The lowest BCUT2D eigenvalue weighted by molar-refractivity contribution is 0.203. The van der Waals surface area contributed by atoms with E-state index < -0.39 is 5.82 Å². The number of hydrogen-bond acceptors (Lipinski definition) is 6. The number of methoxy groups -OCH3 is 1. The van der Waals surface area contributed by atoms with Crippen molar-refractivity contribution in [2.45, 2.75) is 25.7 Å². The van der Waals surface area contributed by atoms with Gasteiger partial charge in [0.15, 0.2) is 0 Å². The Morgan fingerprint density at radius 2 is 1.86 bits per heavy atom. The van der Waals surface area contributed by atoms with E-state index in [0.717, 1.165) is 13.0 Å². The summed E-state index contributed by atoms with van der Waals surface area (Å²) in [5.41, 5.74) is 2.34. The minimum atomic E-state index is -0.473. The molecule has 5 rings (SSSR count). The number of likely N-dealkylation sites (tertiary alicyclic amines) is 1. The number of aromatic nitrogens is 4. The molecular formula is C26H30FN5O3. The van der Waals surface area contributed by atoms with E-state index in [1.807, 2.05) is 0 Å². The Balaban J connectivity index is 1.44. The zero-order valence-electron chi connectivity index (χ0n) is 20.4. The SMILES string of the molecule is COc1c(-c2ccc(OCCCN3CCCCC3)nc2)c(F)cc2ncc3c(c12)n(C)c(=O)n3C. The van der Waals surface area contributed by atoms with Crippen LogP contribution in [0.15, 0.2) is 35.4 Å². The molecule has 1 aromatic carbocycles. The summed E-state index contributed by atoms with van der Waals surface area (Å²) in [7, 11) is 4.86. The number of pyridine rings is 2. The zero-order valence-corrected chi connectivity index (χ0v) is 20.4. The van der Waals surface area contributed by atoms with Gasteiger partial charge in [-0.1, -0.05) is 6.42 Å². The number of piperidine rings is 1. The third kappa shape index (κ3) is 4.25. The van der Waals surface area contributed by atoms with E-state index in [4.69, 9.17) is 9.47 Å². The van der Waals surface area contributed by atoms with Gasteiger partial charge in [-0.25, -0.2) is 14.2 Å². The second-order valence-electron chi connectivity index (χ2n) is 9.04. The van der Waals surface area contributed by atoms with Gasteiger partial charge in [0.25, 0.3) is 0 Å². The molecule has 9 heteroatoms. The molecule has 0 unspecified atom stereocenters. The lowest BCUT2D eigenvalue weighted by Gasteiger charge is -2.26. The summed E-state index contributed by atoms with van der Waals surface area (Å²) in [6, 6.07) is 4.89. The van der Waals surface area contributed by atoms with Gasteiger partial charge in [-0.05, 0) is 38.4 Å². The van der Waals surface area contributed by atoms with Gasteiger partial charge in [-0.15, -0.1) is 0 Å². The topological polar surface area (TPSA) is 74.4 Å². The highest BCUT2D eigenvalue weighted by molar-refractivity contribution is 6.08. The van der Waals surface area contributed by atoms with Gasteiger partial charge in [0.05, 0.1) is 47.4 Å². The Labute approximate surface area is 202 Å². The lowest BCUT2D eigenvalue weighted by Crippen LogP contribution is -2.31. The van der Waals surface area contributed by atoms with Gasteiger partial charge >= 0.3 is 5.69 Å². The maximum atomic E-state index is 15.3. The molecule has 1 aliphatic heterocycles. The van der Waals surface area contributed by atoms with Crippen LogP contribution in [0.1, 0.15) is 25.7 Å². The van der Waals surface area contributed by atoms with Crippen molar-refractivity contribution in [3.05, 3.63) is 46.9 Å². The molecule has 0 atom stereocenters. The number of nitrogens with zero attached hydrogens (tertiary/aromatic N) is 5. The molecule has 3 aromatic heterocycles. The van der Waals surface area contributed by atoms with Crippen molar-refractivity contribution in [1.29, 1.82) is 0 Å². The molecule has 8 nitrogen and oxygen atoms in total. The maximum absolute atomic E-state index is 15.3. The Kier molecular flexibility index (Phi) is 6.42. The average Bonchev–Trinajstić information content (AvgIpc) is 3.10. The fourth-order valence-electron chi connectivity index (χ4n) is 5.01. The second-order valence-corrected chi connectivity index (χ2v) is 9.04. The molecule has 4 aromatic rings. The fourth-order valence-corrected chi connectivity index (χ4v) is 5.01. The zero-order chi connectivity index (χ0) is 24.5. The van der Waals surface area contributed by atoms with Crippen molar-refractivity contribution in [2.75, 3.05) is 33.4 Å². The van der Waals surface area contributed by atoms with E-state index in [0.29, 0.717) is 45.7 Å². The Morgan fingerprint density at radius 1 is 1.06 bits per heavy atom. The predicted octanol–water partition coefficient (Wildman–Crippen LogP) is 3.89. The molecule has 0 N–H and O–H groups in total. The van der Waals surface area contributed by atoms with Crippen molar-refractivity contribution in [1.82, 2.24) is 24.0 Å². The first kappa shape index (κ1) is 23.3. The van der Waals surface area contributed by atoms with Gasteiger partial charge in [-0.3, -0.25) is 14.1 Å². The summed E-state index contributed by atoms with van der Waals surface area (Å²) in [6.07, 6.45) is 7.99. The number of benzene rings is 1. The smallest absolute Gasteiger partial charge is 0.328 e. The normalized spacial score (nSPS) is 14.6. The highest BCUT2D eigenvalue weighted by Gasteiger charge is 2.22. The van der Waals surface area contributed by atoms with Crippen LogP contribution in [0.25, 0.3) is 33.1 Å². The molecule has 0 spiro atoms. The third-order valence-corrected chi connectivity index (χ3v) is 6.83. The van der Waals surface area contributed by atoms with E-state index in [9.17, 15) is 4.79 Å². The van der Waals surface area contributed by atoms with Crippen LogP contribution in [0.5, 0.6) is 11.6 Å². The molecule has 35 heavy (non-hydrogen) atoms. The summed E-state index contributed by atoms with van der Waals surface area (Å²) in [5, 5.41) is 0.583. The minimum absolute atomic E-state index is 0.189. The average molecular weight is 480 g/mol. The monoisotopic (exact) mass is 479 g/mol. The molecule has 1 fully saturated rings. The fraction of sp³-hybridized carbons (Fsp3) is 0.423. The second kappa shape index (κ2) is 9.65. The van der Waals surface area contributed by atoms with Crippen LogP contribution in [0, 0.1) is 5.82 Å². The first-order chi connectivity index (χ1) is 17.0. The van der Waals surface area contributed by atoms with E-state index in [1.165, 1.54) is 54.7 Å². The molecule has 1 aliphatic rings. The van der Waals surface area contributed by atoms with Gasteiger partial charge in [0, 0.05) is 44.5 Å². The number of fused-ring (bicyclic) bond motifs is 3. The number of imidazole rings is 1. The number of rotatable bonds is 7. The number of hydrogen-bond donors (Lipinski definition) is 0. The van der Waals surface area contributed by atoms with Gasteiger partial charge < -0.3 is 14.4 Å². The van der Waals surface area contributed by atoms with Crippen LogP contribution in [0.2, 0.25) is 0 Å². The summed E-state index contributed by atoms with van der Waals surface area (Å²) >= 11 is 0. The molecule has 1 saturated heterocycles. The number of aryl methyl sites for hydroxylation is 2. The van der Waals surface area contributed by atoms with Gasteiger partial charge in [0.1, 0.15) is 11.6 Å². The van der Waals surface area contributed by atoms with Crippen molar-refractivity contribution in [3.63, 3.8) is 0 Å². The molecule has 184 valence electrons. The summed E-state index contributed by atoms with van der Waals surface area (Å²) < 4.78 is 29.9. The minimum Gasteiger partial charge on any atom is -0.495 e. The highest BCUT2D eigenvalue weighted by atomic mass is 19.1. The molecule has 0 radical (unpaired) electrons. The first-order valence-corrected chi connectivity index (χ1v) is 12.0. The number of halogens is 1. The first-order valence-electron chi connectivity index (χ1n) is 12.0. The van der Waals surface area contributed by atoms with Crippen molar-refractivity contribution >= 4 is 21.9 Å². The van der Waals surface area contributed by atoms with E-state index in [-0.39, 0.29) is 11.3 Å². The van der Waals surface area contributed by atoms with Crippen LogP contribution < -0.4 is 15.2 Å². The molecule has 4 heterocycles. The van der Waals surface area contributed by atoms with Crippen molar-refractivity contribution in [2.24, 2.45) is 14.1 Å². The van der Waals surface area contributed by atoms with E-state index in [2.05, 4.69) is 14.9 Å². The van der Waals surface area contributed by atoms with Crippen LogP contribution >= 0.6 is 0 Å². The molecule has 0 amide bonds. The molecular weight excluding hydrogens is 449 g/mol. The van der Waals surface area contributed by atoms with E-state index in [1.54, 1.807) is 38.6 Å². The van der Waals surface area contributed by atoms with E-state index >= 15 is 4.39 Å². The van der Waals surface area contributed by atoms with Gasteiger partial charge in [-0.2, -0.15) is 0 Å². The Morgan fingerprint density at radius 3 is 2.57 bits per heavy atom. The van der Waals surface area contributed by atoms with Crippen LogP contribution in [0.3, 0.4) is 0 Å². The summed E-state index contributed by atoms with van der Waals surface area (Å²) in [4.78, 5) is 23.8. The van der Waals surface area contributed by atoms with Crippen molar-refractivity contribution < 1.29 is 13.9 Å². The van der Waals surface area contributed by atoms with Crippen LogP contribution in [0.4, 0.5) is 4.39 Å². The standard InChI is InChI=1S/C26H30FN5O3/c1-30-20-16-28-19-14-18(27)22(25(34-3)23(19)24(20)31(2)26(30)33)17-8-9-21(29-15-17)35-13-7-12-32-10-5-4-6-11-32/h8-9,14-16H,4-7,10-13H2,1-3H3. The lowest BCUT2D eigenvalue weighted by atomic mass is 10.0. The van der Waals surface area contributed by atoms with Crippen LogP contribution in [-0.4, -0.2) is 57.4 Å². The Bertz CT molecular complexity index is 1420. The largest absolute Gasteiger partial charge is 0.495 e. The quantitative estimate of drug-likeness (QED) is 0.375. The molecule has 0 bridgehead atoms. The number of ether oxygens (including phenoxy) is 2. The third-order valence-electron chi connectivity index (χ3n) is 6.83. The summed E-state index contributed by atoms with van der Waals surface area (Å²) in [5.74, 6) is 0.345. The molecule has 0 aliphatic carbocycles. The highest BCUT2D eigenvalue weighted by Crippen LogP contribution is 2.41. The summed E-state index contributed by atoms with van der Waals surface area (Å²) in [6.45, 7) is 3.96. The van der Waals surface area contributed by atoms with Gasteiger partial charge in [0.2, 0.25) is 5.88 Å². The molecule has 0 saturated carbocycles. The Hall–Kier alpha value is -3.46. The maximum Gasteiger partial charge on any atom is 0.328 e.